The second-order valence-electron chi connectivity index (χ2n) is 6.36. The van der Waals surface area contributed by atoms with E-state index in [2.05, 4.69) is 12.2 Å². The minimum absolute atomic E-state index is 0.00524. The Labute approximate surface area is 124 Å². The van der Waals surface area contributed by atoms with Gasteiger partial charge >= 0.3 is 0 Å². The van der Waals surface area contributed by atoms with E-state index in [4.69, 9.17) is 4.74 Å². The molecule has 0 amide bonds. The Morgan fingerprint density at radius 1 is 1.29 bits per heavy atom. The second kappa shape index (κ2) is 5.91. The van der Waals surface area contributed by atoms with Gasteiger partial charge in [-0.25, -0.2) is 8.78 Å². The molecule has 0 saturated heterocycles. The first-order chi connectivity index (χ1) is 10.2. The summed E-state index contributed by atoms with van der Waals surface area (Å²) in [6.07, 6.45) is 6.65. The van der Waals surface area contributed by atoms with E-state index in [0.29, 0.717) is 6.04 Å². The van der Waals surface area contributed by atoms with Crippen molar-refractivity contribution in [1.82, 2.24) is 5.32 Å². The monoisotopic (exact) mass is 295 g/mol. The lowest BCUT2D eigenvalue weighted by Crippen LogP contribution is -2.63. The highest BCUT2D eigenvalue weighted by atomic mass is 19.1. The molecule has 1 aromatic rings. The van der Waals surface area contributed by atoms with Crippen LogP contribution in [0.2, 0.25) is 0 Å². The Kier molecular flexibility index (Phi) is 4.16. The summed E-state index contributed by atoms with van der Waals surface area (Å²) in [5, 5.41) is 3.60. The zero-order valence-electron chi connectivity index (χ0n) is 12.5. The molecule has 0 aromatic heterocycles. The molecule has 2 aliphatic rings. The van der Waals surface area contributed by atoms with E-state index in [1.54, 1.807) is 0 Å². The van der Waals surface area contributed by atoms with Gasteiger partial charge in [-0.1, -0.05) is 19.8 Å². The fourth-order valence-electron chi connectivity index (χ4n) is 3.94. The van der Waals surface area contributed by atoms with Crippen molar-refractivity contribution in [3.05, 3.63) is 29.8 Å². The predicted octanol–water partition coefficient (Wildman–Crippen LogP) is 4.04. The molecule has 4 heteroatoms. The molecule has 0 heterocycles. The molecule has 0 radical (unpaired) electrons. The Hall–Kier alpha value is -1.16. The highest BCUT2D eigenvalue weighted by Crippen LogP contribution is 2.54. The molecule has 2 nitrogen and oxygen atoms in total. The van der Waals surface area contributed by atoms with E-state index in [9.17, 15) is 8.78 Å². The number of rotatable bonds is 5. The Morgan fingerprint density at radius 2 is 2.05 bits per heavy atom. The van der Waals surface area contributed by atoms with Gasteiger partial charge in [0, 0.05) is 23.9 Å². The third kappa shape index (κ3) is 2.66. The fraction of sp³-hybridized carbons (Fsp3) is 0.647. The van der Waals surface area contributed by atoms with Crippen molar-refractivity contribution in [3.63, 3.8) is 0 Å². The van der Waals surface area contributed by atoms with Crippen LogP contribution in [0.15, 0.2) is 18.2 Å². The first-order valence-corrected chi connectivity index (χ1v) is 8.01. The third-order valence-electron chi connectivity index (χ3n) is 5.12. The van der Waals surface area contributed by atoms with Crippen molar-refractivity contribution in [3.8, 4) is 5.75 Å². The van der Waals surface area contributed by atoms with Gasteiger partial charge in [-0.05, 0) is 37.9 Å². The highest BCUT2D eigenvalue weighted by molar-refractivity contribution is 5.26. The number of hydrogen-bond acceptors (Lipinski definition) is 2. The summed E-state index contributed by atoms with van der Waals surface area (Å²) in [5.41, 5.74) is 0.119. The average molecular weight is 295 g/mol. The van der Waals surface area contributed by atoms with Crippen molar-refractivity contribution in [1.29, 1.82) is 0 Å². The molecule has 116 valence electrons. The van der Waals surface area contributed by atoms with Crippen LogP contribution >= 0.6 is 0 Å². The summed E-state index contributed by atoms with van der Waals surface area (Å²) in [7, 11) is 0. The van der Waals surface area contributed by atoms with Gasteiger partial charge in [0.25, 0.3) is 0 Å². The molecule has 1 spiro atoms. The molecule has 0 aliphatic heterocycles. The first kappa shape index (κ1) is 14.8. The highest BCUT2D eigenvalue weighted by Gasteiger charge is 2.57. The van der Waals surface area contributed by atoms with Crippen molar-refractivity contribution >= 4 is 0 Å². The van der Waals surface area contributed by atoms with Gasteiger partial charge in [-0.3, -0.25) is 0 Å². The van der Waals surface area contributed by atoms with Crippen molar-refractivity contribution in [2.45, 2.75) is 57.6 Å². The summed E-state index contributed by atoms with van der Waals surface area (Å²) in [6.45, 7) is 3.16. The maximum absolute atomic E-state index is 13.8. The van der Waals surface area contributed by atoms with Crippen LogP contribution in [0.5, 0.6) is 5.75 Å². The summed E-state index contributed by atoms with van der Waals surface area (Å²) >= 11 is 0. The minimum Gasteiger partial charge on any atom is -0.487 e. The van der Waals surface area contributed by atoms with Gasteiger partial charge in [0.2, 0.25) is 0 Å². The molecule has 1 N–H and O–H groups in total. The average Bonchev–Trinajstić information content (AvgIpc) is 2.98. The van der Waals surface area contributed by atoms with E-state index in [-0.39, 0.29) is 17.3 Å². The van der Waals surface area contributed by atoms with Crippen molar-refractivity contribution in [2.75, 3.05) is 6.54 Å². The fourth-order valence-corrected chi connectivity index (χ4v) is 3.94. The van der Waals surface area contributed by atoms with Crippen molar-refractivity contribution in [2.24, 2.45) is 5.41 Å². The van der Waals surface area contributed by atoms with Gasteiger partial charge in [0.15, 0.2) is 11.6 Å². The van der Waals surface area contributed by atoms with E-state index in [0.717, 1.165) is 50.4 Å². The maximum Gasteiger partial charge on any atom is 0.165 e. The SMILES string of the molecule is CCCNC1CC(Oc2cc(F)ccc2F)C12CCCC2. The normalized spacial score (nSPS) is 26.8. The molecule has 2 fully saturated rings. The molecule has 2 atom stereocenters. The molecule has 2 saturated carbocycles. The van der Waals surface area contributed by atoms with Crippen LogP contribution in [-0.4, -0.2) is 18.7 Å². The number of hydrogen-bond donors (Lipinski definition) is 1. The quantitative estimate of drug-likeness (QED) is 0.885. The predicted molar refractivity (Wildman–Crippen MR) is 78.4 cm³/mol. The van der Waals surface area contributed by atoms with Crippen LogP contribution in [0.3, 0.4) is 0 Å². The Bertz CT molecular complexity index is 500. The summed E-state index contributed by atoms with van der Waals surface area (Å²) in [4.78, 5) is 0. The van der Waals surface area contributed by atoms with Crippen LogP contribution in [0, 0.1) is 17.0 Å². The molecule has 21 heavy (non-hydrogen) atoms. The van der Waals surface area contributed by atoms with Gasteiger partial charge in [-0.2, -0.15) is 0 Å². The first-order valence-electron chi connectivity index (χ1n) is 8.01. The molecule has 3 rings (SSSR count). The number of ether oxygens (including phenoxy) is 1. The van der Waals surface area contributed by atoms with Gasteiger partial charge < -0.3 is 10.1 Å². The maximum atomic E-state index is 13.8. The summed E-state index contributed by atoms with van der Waals surface area (Å²) < 4.78 is 32.9. The number of benzene rings is 1. The zero-order chi connectivity index (χ0) is 14.9. The number of halogens is 2. The van der Waals surface area contributed by atoms with Crippen LogP contribution in [0.25, 0.3) is 0 Å². The summed E-state index contributed by atoms with van der Waals surface area (Å²) in [6, 6.07) is 3.88. The van der Waals surface area contributed by atoms with Crippen molar-refractivity contribution < 1.29 is 13.5 Å². The van der Waals surface area contributed by atoms with Gasteiger partial charge in [0.1, 0.15) is 11.9 Å². The second-order valence-corrected chi connectivity index (χ2v) is 6.36. The molecular formula is C17H23F2NO. The lowest BCUT2D eigenvalue weighted by atomic mass is 9.60. The topological polar surface area (TPSA) is 21.3 Å². The molecular weight excluding hydrogens is 272 g/mol. The minimum atomic E-state index is -0.477. The smallest absolute Gasteiger partial charge is 0.165 e. The van der Waals surface area contributed by atoms with Gasteiger partial charge in [-0.15, -0.1) is 0 Å². The largest absolute Gasteiger partial charge is 0.487 e. The lowest BCUT2D eigenvalue weighted by Gasteiger charge is -2.54. The van der Waals surface area contributed by atoms with Crippen LogP contribution < -0.4 is 10.1 Å². The standard InChI is InChI=1S/C17H23F2NO/c1-2-9-20-15-11-16(17(15)7-3-4-8-17)21-14-10-12(18)5-6-13(14)19/h5-6,10,15-16,20H,2-4,7-9,11H2,1H3. The zero-order valence-corrected chi connectivity index (χ0v) is 12.5. The lowest BCUT2D eigenvalue weighted by molar-refractivity contribution is -0.0775. The molecule has 2 unspecified atom stereocenters. The van der Waals surface area contributed by atoms with E-state index < -0.39 is 11.6 Å². The van der Waals surface area contributed by atoms with E-state index >= 15 is 0 Å². The molecule has 2 aliphatic carbocycles. The van der Waals surface area contributed by atoms with Gasteiger partial charge in [0.05, 0.1) is 0 Å². The van der Waals surface area contributed by atoms with Crippen LogP contribution in [0.1, 0.15) is 45.4 Å². The molecule has 0 bridgehead atoms. The third-order valence-corrected chi connectivity index (χ3v) is 5.12. The van der Waals surface area contributed by atoms with Crippen LogP contribution in [-0.2, 0) is 0 Å². The molecule has 1 aromatic carbocycles. The number of nitrogens with one attached hydrogen (secondary N) is 1. The van der Waals surface area contributed by atoms with Crippen LogP contribution in [0.4, 0.5) is 8.78 Å². The Morgan fingerprint density at radius 3 is 2.76 bits per heavy atom. The Balaban J connectivity index is 1.72. The summed E-state index contributed by atoms with van der Waals surface area (Å²) in [5.74, 6) is -0.874. The van der Waals surface area contributed by atoms with E-state index in [1.165, 1.54) is 12.8 Å². The van der Waals surface area contributed by atoms with E-state index in [1.807, 2.05) is 0 Å².